The third-order valence-electron chi connectivity index (χ3n) is 4.01. The van der Waals surface area contributed by atoms with E-state index in [-0.39, 0.29) is 5.97 Å². The lowest BCUT2D eigenvalue weighted by Crippen LogP contribution is -2.51. The normalized spacial score (nSPS) is 19.6. The number of halogens is 2. The Labute approximate surface area is 135 Å². The van der Waals surface area contributed by atoms with Crippen molar-refractivity contribution in [3.63, 3.8) is 0 Å². The molecule has 0 radical (unpaired) electrons. The molecule has 4 nitrogen and oxygen atoms in total. The van der Waals surface area contributed by atoms with Crippen LogP contribution in [0.3, 0.4) is 0 Å². The molecule has 0 spiro atoms. The average Bonchev–Trinajstić information content (AvgIpc) is 2.77. The molecule has 1 unspecified atom stereocenters. The molecule has 1 N–H and O–H groups in total. The highest BCUT2D eigenvalue weighted by molar-refractivity contribution is 6.33. The van der Waals surface area contributed by atoms with E-state index in [1.54, 1.807) is 18.2 Å². The first-order valence-corrected chi connectivity index (χ1v) is 7.75. The van der Waals surface area contributed by atoms with Crippen LogP contribution in [0.4, 0.5) is 0 Å². The number of benzene rings is 1. The Morgan fingerprint density at radius 1 is 1.33 bits per heavy atom. The molecule has 2 rings (SSSR count). The van der Waals surface area contributed by atoms with Crippen LogP contribution in [0.15, 0.2) is 18.2 Å². The molecule has 1 heterocycles. The predicted molar refractivity (Wildman–Crippen MR) is 84.9 cm³/mol. The summed E-state index contributed by atoms with van der Waals surface area (Å²) >= 11 is 12.4. The summed E-state index contributed by atoms with van der Waals surface area (Å²) in [6.07, 6.45) is 0.963. The summed E-state index contributed by atoms with van der Waals surface area (Å²) in [7, 11) is 1.40. The van der Waals surface area contributed by atoms with Gasteiger partial charge in [-0.2, -0.15) is 0 Å². The Morgan fingerprint density at radius 2 is 2.10 bits per heavy atom. The van der Waals surface area contributed by atoms with E-state index >= 15 is 0 Å². The van der Waals surface area contributed by atoms with Gasteiger partial charge in [-0.15, -0.1) is 0 Å². The quantitative estimate of drug-likeness (QED) is 0.865. The Balaban J connectivity index is 2.50. The monoisotopic (exact) mass is 330 g/mol. The van der Waals surface area contributed by atoms with Gasteiger partial charge in [-0.25, -0.2) is 4.79 Å². The Morgan fingerprint density at radius 3 is 2.81 bits per heavy atom. The standard InChI is InChI=1S/C15H20Cl2N2O2/c1-15(14(20)21-2,19-8-3-6-18-7-9-19)12-10-11(16)4-5-13(12)17/h4-5,10,18H,3,6-9H2,1-2H3. The SMILES string of the molecule is COC(=O)C(C)(c1cc(Cl)ccc1Cl)N1CCCNCC1. The molecule has 1 aromatic rings. The van der Waals surface area contributed by atoms with Gasteiger partial charge in [0, 0.05) is 35.2 Å². The lowest BCUT2D eigenvalue weighted by atomic mass is 9.89. The van der Waals surface area contributed by atoms with E-state index in [9.17, 15) is 4.79 Å². The molecule has 0 amide bonds. The molecule has 21 heavy (non-hydrogen) atoms. The zero-order valence-electron chi connectivity index (χ0n) is 12.3. The highest BCUT2D eigenvalue weighted by Crippen LogP contribution is 2.36. The summed E-state index contributed by atoms with van der Waals surface area (Å²) in [6.45, 7) is 5.15. The van der Waals surface area contributed by atoms with Crippen LogP contribution in [-0.4, -0.2) is 44.2 Å². The smallest absolute Gasteiger partial charge is 0.330 e. The highest BCUT2D eigenvalue weighted by atomic mass is 35.5. The van der Waals surface area contributed by atoms with Crippen LogP contribution in [0.25, 0.3) is 0 Å². The average molecular weight is 331 g/mol. The third kappa shape index (κ3) is 3.34. The summed E-state index contributed by atoms with van der Waals surface area (Å²) in [5.74, 6) is -0.325. The number of ether oxygens (including phenoxy) is 1. The van der Waals surface area contributed by atoms with Crippen molar-refractivity contribution >= 4 is 29.2 Å². The lowest BCUT2D eigenvalue weighted by molar-refractivity contribution is -0.155. The first-order chi connectivity index (χ1) is 10.00. The van der Waals surface area contributed by atoms with E-state index in [2.05, 4.69) is 10.2 Å². The minimum Gasteiger partial charge on any atom is -0.467 e. The number of hydrogen-bond acceptors (Lipinski definition) is 4. The summed E-state index contributed by atoms with van der Waals surface area (Å²) in [5.41, 5.74) is -0.256. The van der Waals surface area contributed by atoms with Crippen molar-refractivity contribution in [1.29, 1.82) is 0 Å². The molecule has 0 aromatic heterocycles. The number of rotatable bonds is 3. The molecule has 0 aliphatic carbocycles. The van der Waals surface area contributed by atoms with Crippen LogP contribution in [-0.2, 0) is 15.1 Å². The van der Waals surface area contributed by atoms with Gasteiger partial charge < -0.3 is 10.1 Å². The zero-order valence-corrected chi connectivity index (χ0v) is 13.8. The number of hydrogen-bond donors (Lipinski definition) is 1. The Kier molecular flexibility index (Phi) is 5.49. The minimum atomic E-state index is -0.942. The summed E-state index contributed by atoms with van der Waals surface area (Å²) in [4.78, 5) is 14.6. The maximum absolute atomic E-state index is 12.5. The molecular formula is C15H20Cl2N2O2. The van der Waals surface area contributed by atoms with E-state index in [0.29, 0.717) is 15.6 Å². The van der Waals surface area contributed by atoms with E-state index in [1.807, 2.05) is 6.92 Å². The number of carbonyl (C=O) groups excluding carboxylic acids is 1. The molecule has 1 saturated heterocycles. The Hall–Kier alpha value is -0.810. The first kappa shape index (κ1) is 16.6. The van der Waals surface area contributed by atoms with Crippen molar-refractivity contribution in [2.24, 2.45) is 0 Å². The van der Waals surface area contributed by atoms with E-state index in [1.165, 1.54) is 7.11 Å². The third-order valence-corrected chi connectivity index (χ3v) is 4.57. The van der Waals surface area contributed by atoms with Crippen LogP contribution in [0, 0.1) is 0 Å². The zero-order chi connectivity index (χ0) is 15.5. The second-order valence-corrected chi connectivity index (χ2v) is 6.12. The summed E-state index contributed by atoms with van der Waals surface area (Å²) in [6, 6.07) is 5.19. The van der Waals surface area contributed by atoms with Crippen molar-refractivity contribution < 1.29 is 9.53 Å². The van der Waals surface area contributed by atoms with Gasteiger partial charge in [0.25, 0.3) is 0 Å². The van der Waals surface area contributed by atoms with Crippen LogP contribution >= 0.6 is 23.2 Å². The number of nitrogens with zero attached hydrogens (tertiary/aromatic N) is 1. The van der Waals surface area contributed by atoms with Gasteiger partial charge in [-0.3, -0.25) is 4.90 Å². The van der Waals surface area contributed by atoms with Gasteiger partial charge in [-0.1, -0.05) is 23.2 Å². The van der Waals surface area contributed by atoms with Crippen molar-refractivity contribution in [3.8, 4) is 0 Å². The first-order valence-electron chi connectivity index (χ1n) is 7.00. The van der Waals surface area contributed by atoms with E-state index in [0.717, 1.165) is 32.6 Å². The van der Waals surface area contributed by atoms with Crippen molar-refractivity contribution in [3.05, 3.63) is 33.8 Å². The van der Waals surface area contributed by atoms with Gasteiger partial charge in [0.15, 0.2) is 0 Å². The molecule has 1 fully saturated rings. The number of esters is 1. The molecule has 6 heteroatoms. The fourth-order valence-corrected chi connectivity index (χ4v) is 3.25. The fourth-order valence-electron chi connectivity index (χ4n) is 2.77. The molecule has 1 aromatic carbocycles. The lowest BCUT2D eigenvalue weighted by Gasteiger charge is -2.39. The van der Waals surface area contributed by atoms with Crippen molar-refractivity contribution in [2.75, 3.05) is 33.3 Å². The molecule has 1 aliphatic heterocycles. The molecule has 0 bridgehead atoms. The second-order valence-electron chi connectivity index (χ2n) is 5.28. The van der Waals surface area contributed by atoms with Gasteiger partial charge >= 0.3 is 5.97 Å². The van der Waals surface area contributed by atoms with Gasteiger partial charge in [-0.05, 0) is 38.1 Å². The van der Waals surface area contributed by atoms with Gasteiger partial charge in [0.2, 0.25) is 0 Å². The Bertz CT molecular complexity index is 516. The van der Waals surface area contributed by atoms with Gasteiger partial charge in [0.1, 0.15) is 5.54 Å². The van der Waals surface area contributed by atoms with Crippen LogP contribution in [0.1, 0.15) is 18.9 Å². The molecule has 1 atom stereocenters. The van der Waals surface area contributed by atoms with E-state index in [4.69, 9.17) is 27.9 Å². The molecular weight excluding hydrogens is 311 g/mol. The molecule has 1 aliphatic rings. The minimum absolute atomic E-state index is 0.325. The van der Waals surface area contributed by atoms with E-state index < -0.39 is 5.54 Å². The number of carbonyl (C=O) groups is 1. The van der Waals surface area contributed by atoms with Crippen LogP contribution in [0.5, 0.6) is 0 Å². The second kappa shape index (κ2) is 6.97. The highest BCUT2D eigenvalue weighted by Gasteiger charge is 2.43. The molecule has 116 valence electrons. The number of nitrogens with one attached hydrogen (secondary N) is 1. The van der Waals surface area contributed by atoms with Crippen molar-refractivity contribution in [2.45, 2.75) is 18.9 Å². The van der Waals surface area contributed by atoms with Crippen molar-refractivity contribution in [1.82, 2.24) is 10.2 Å². The number of methoxy groups -OCH3 is 1. The topological polar surface area (TPSA) is 41.6 Å². The fraction of sp³-hybridized carbons (Fsp3) is 0.533. The maximum atomic E-state index is 12.5. The van der Waals surface area contributed by atoms with Gasteiger partial charge in [0.05, 0.1) is 7.11 Å². The molecule has 0 saturated carbocycles. The van der Waals surface area contributed by atoms with Crippen LogP contribution < -0.4 is 5.32 Å². The summed E-state index contributed by atoms with van der Waals surface area (Å²) in [5, 5.41) is 4.40. The largest absolute Gasteiger partial charge is 0.467 e. The summed E-state index contributed by atoms with van der Waals surface area (Å²) < 4.78 is 5.06. The van der Waals surface area contributed by atoms with Crippen LogP contribution in [0.2, 0.25) is 10.0 Å². The predicted octanol–water partition coefficient (Wildman–Crippen LogP) is 2.68. The maximum Gasteiger partial charge on any atom is 0.330 e.